The van der Waals surface area contributed by atoms with Crippen LogP contribution >= 0.6 is 0 Å². The Kier molecular flexibility index (Phi) is 3.69. The molecule has 6 nitrogen and oxygen atoms in total. The van der Waals surface area contributed by atoms with Gasteiger partial charge in [0.25, 0.3) is 0 Å². The van der Waals surface area contributed by atoms with Gasteiger partial charge in [-0.1, -0.05) is 16.6 Å². The summed E-state index contributed by atoms with van der Waals surface area (Å²) in [4.78, 5) is 37.8. The Morgan fingerprint density at radius 3 is 2.00 bits per heavy atom. The van der Waals surface area contributed by atoms with Crippen molar-refractivity contribution >= 4 is 17.9 Å². The molecule has 2 N–H and O–H groups in total. The quantitative estimate of drug-likeness (QED) is 0.662. The molecule has 1 heterocycles. The van der Waals surface area contributed by atoms with Gasteiger partial charge in [0.05, 0.1) is 11.1 Å². The second kappa shape index (κ2) is 5.05. The molecule has 0 atom stereocenters. The standard InChI is InChI=1S/C15H19N2O4/c1-15(2,3)21-14(20)17(9-8-16)12(18)10-6-4-5-7-11(10)13(17)19/h4-7H,8-9,16H2,1-3H3/q+1. The number of carbonyl (C=O) groups excluding carboxylic acids is 3. The molecule has 0 aromatic heterocycles. The highest BCUT2D eigenvalue weighted by molar-refractivity contribution is 6.18. The molecule has 0 saturated carbocycles. The lowest BCUT2D eigenvalue weighted by Gasteiger charge is -2.28. The molecule has 1 aromatic rings. The monoisotopic (exact) mass is 291 g/mol. The van der Waals surface area contributed by atoms with Crippen LogP contribution in [0.3, 0.4) is 0 Å². The molecule has 2 rings (SSSR count). The maximum atomic E-state index is 12.6. The first kappa shape index (κ1) is 15.3. The lowest BCUT2D eigenvalue weighted by molar-refractivity contribution is -0.686. The van der Waals surface area contributed by atoms with Gasteiger partial charge in [0.1, 0.15) is 12.1 Å². The van der Waals surface area contributed by atoms with Gasteiger partial charge in [-0.25, -0.2) is 9.59 Å². The number of rotatable bonds is 2. The van der Waals surface area contributed by atoms with Crippen LogP contribution in [-0.4, -0.2) is 41.1 Å². The van der Waals surface area contributed by atoms with Crippen LogP contribution in [0.5, 0.6) is 0 Å². The predicted octanol–water partition coefficient (Wildman–Crippen LogP) is 1.69. The number of nitrogens with zero attached hydrogens (tertiary/aromatic N) is 1. The summed E-state index contributed by atoms with van der Waals surface area (Å²) in [5.41, 5.74) is 5.20. The van der Waals surface area contributed by atoms with Crippen molar-refractivity contribution < 1.29 is 23.6 Å². The highest BCUT2D eigenvalue weighted by Gasteiger charge is 2.61. The van der Waals surface area contributed by atoms with Crippen molar-refractivity contribution in [3.8, 4) is 0 Å². The van der Waals surface area contributed by atoms with Gasteiger partial charge in [0.15, 0.2) is 0 Å². The lowest BCUT2D eigenvalue weighted by atomic mass is 10.1. The Morgan fingerprint density at radius 2 is 1.62 bits per heavy atom. The number of carbonyl (C=O) groups is 3. The molecule has 0 spiro atoms. The Bertz CT molecular complexity index is 581. The van der Waals surface area contributed by atoms with E-state index in [-0.39, 0.29) is 24.2 Å². The number of benzene rings is 1. The van der Waals surface area contributed by atoms with Crippen LogP contribution in [-0.2, 0) is 4.74 Å². The van der Waals surface area contributed by atoms with Gasteiger partial charge in [0.2, 0.25) is 0 Å². The van der Waals surface area contributed by atoms with E-state index >= 15 is 0 Å². The Morgan fingerprint density at radius 1 is 1.14 bits per heavy atom. The maximum Gasteiger partial charge on any atom is 0.532 e. The van der Waals surface area contributed by atoms with Crippen molar-refractivity contribution in [1.82, 2.24) is 0 Å². The van der Waals surface area contributed by atoms with E-state index in [9.17, 15) is 14.4 Å². The van der Waals surface area contributed by atoms with Gasteiger partial charge in [0, 0.05) is 6.54 Å². The zero-order chi connectivity index (χ0) is 15.8. The fraction of sp³-hybridized carbons (Fsp3) is 0.400. The Balaban J connectivity index is 2.53. The van der Waals surface area contributed by atoms with E-state index in [1.807, 2.05) is 0 Å². The SMILES string of the molecule is CC(C)(C)OC(=O)[N+]1(CCN)C(=O)c2ccccc2C1=O. The minimum absolute atomic E-state index is 0.0186. The van der Waals surface area contributed by atoms with Crippen molar-refractivity contribution in [3.63, 3.8) is 0 Å². The lowest BCUT2D eigenvalue weighted by Crippen LogP contribution is -2.60. The molecular weight excluding hydrogens is 272 g/mol. The van der Waals surface area contributed by atoms with Crippen LogP contribution in [0.2, 0.25) is 0 Å². The van der Waals surface area contributed by atoms with Crippen molar-refractivity contribution in [2.24, 2.45) is 5.73 Å². The van der Waals surface area contributed by atoms with Crippen LogP contribution in [0.1, 0.15) is 41.5 Å². The fourth-order valence-electron chi connectivity index (χ4n) is 2.35. The van der Waals surface area contributed by atoms with Gasteiger partial charge >= 0.3 is 17.9 Å². The Hall–Kier alpha value is -2.05. The topological polar surface area (TPSA) is 86.5 Å². The number of fused-ring (bicyclic) bond motifs is 1. The second-order valence-electron chi connectivity index (χ2n) is 5.96. The normalized spacial score (nSPS) is 16.8. The van der Waals surface area contributed by atoms with E-state index in [1.165, 1.54) is 12.1 Å². The highest BCUT2D eigenvalue weighted by Crippen LogP contribution is 2.32. The summed E-state index contributed by atoms with van der Waals surface area (Å²) in [7, 11) is 0. The third-order valence-corrected chi connectivity index (χ3v) is 3.25. The van der Waals surface area contributed by atoms with Gasteiger partial charge in [-0.15, -0.1) is 0 Å². The molecule has 0 bridgehead atoms. The van der Waals surface area contributed by atoms with Crippen LogP contribution in [0.15, 0.2) is 24.3 Å². The molecule has 0 radical (unpaired) electrons. The number of hydrogen-bond donors (Lipinski definition) is 1. The number of ether oxygens (including phenoxy) is 1. The summed E-state index contributed by atoms with van der Waals surface area (Å²) >= 11 is 0. The van der Waals surface area contributed by atoms with E-state index < -0.39 is 28.0 Å². The molecule has 6 heteroatoms. The smallest absolute Gasteiger partial charge is 0.414 e. The van der Waals surface area contributed by atoms with Crippen molar-refractivity contribution in [2.45, 2.75) is 26.4 Å². The van der Waals surface area contributed by atoms with Crippen molar-refractivity contribution in [3.05, 3.63) is 35.4 Å². The van der Waals surface area contributed by atoms with Crippen LogP contribution in [0, 0.1) is 0 Å². The zero-order valence-corrected chi connectivity index (χ0v) is 12.4. The summed E-state index contributed by atoms with van der Waals surface area (Å²) in [6.45, 7) is 4.96. The van der Waals surface area contributed by atoms with E-state index in [0.29, 0.717) is 0 Å². The molecule has 0 fully saturated rings. The molecule has 0 saturated heterocycles. The van der Waals surface area contributed by atoms with E-state index in [0.717, 1.165) is 0 Å². The van der Waals surface area contributed by atoms with Crippen LogP contribution in [0.4, 0.5) is 4.79 Å². The maximum absolute atomic E-state index is 12.6. The van der Waals surface area contributed by atoms with Crippen molar-refractivity contribution in [2.75, 3.05) is 13.1 Å². The van der Waals surface area contributed by atoms with E-state index in [4.69, 9.17) is 10.5 Å². The molecule has 1 aliphatic heterocycles. The second-order valence-corrected chi connectivity index (χ2v) is 5.96. The largest absolute Gasteiger partial charge is 0.532 e. The van der Waals surface area contributed by atoms with Gasteiger partial charge in [-0.3, -0.25) is 0 Å². The van der Waals surface area contributed by atoms with Gasteiger partial charge in [-0.2, -0.15) is 4.79 Å². The summed E-state index contributed by atoms with van der Waals surface area (Å²) in [6, 6.07) is 6.38. The molecule has 0 unspecified atom stereocenters. The number of quaternary nitrogens is 1. The van der Waals surface area contributed by atoms with E-state index in [1.54, 1.807) is 32.9 Å². The first-order valence-corrected chi connectivity index (χ1v) is 6.74. The molecule has 112 valence electrons. The van der Waals surface area contributed by atoms with Gasteiger partial charge in [-0.05, 0) is 32.9 Å². The first-order chi connectivity index (χ1) is 9.74. The number of amides is 3. The number of nitrogens with two attached hydrogens (primary N) is 1. The molecule has 0 aliphatic carbocycles. The summed E-state index contributed by atoms with van der Waals surface area (Å²) in [5.74, 6) is -1.15. The third-order valence-electron chi connectivity index (χ3n) is 3.25. The predicted molar refractivity (Wildman–Crippen MR) is 75.5 cm³/mol. The third kappa shape index (κ3) is 2.36. The highest BCUT2D eigenvalue weighted by atomic mass is 16.6. The molecule has 21 heavy (non-hydrogen) atoms. The van der Waals surface area contributed by atoms with Crippen molar-refractivity contribution in [1.29, 1.82) is 0 Å². The molecule has 1 aromatic carbocycles. The van der Waals surface area contributed by atoms with Gasteiger partial charge < -0.3 is 10.5 Å². The fourth-order valence-corrected chi connectivity index (χ4v) is 2.35. The van der Waals surface area contributed by atoms with Crippen LogP contribution < -0.4 is 5.73 Å². The summed E-state index contributed by atoms with van der Waals surface area (Å²) in [5, 5.41) is 0. The van der Waals surface area contributed by atoms with E-state index in [2.05, 4.69) is 0 Å². The molecule has 3 amide bonds. The number of hydrogen-bond acceptors (Lipinski definition) is 5. The van der Waals surface area contributed by atoms with Crippen LogP contribution in [0.25, 0.3) is 0 Å². The average molecular weight is 291 g/mol. The summed E-state index contributed by atoms with van der Waals surface area (Å²) in [6.07, 6.45) is -0.876. The Labute approximate surface area is 123 Å². The minimum atomic E-state index is -1.02. The molecule has 1 aliphatic rings. The summed E-state index contributed by atoms with van der Waals surface area (Å²) < 4.78 is 4.26. The minimum Gasteiger partial charge on any atom is -0.414 e. The first-order valence-electron chi connectivity index (χ1n) is 6.74. The molecular formula is C15H19N2O4+. The number of imide groups is 3. The average Bonchev–Trinajstić information content (AvgIpc) is 2.61. The zero-order valence-electron chi connectivity index (χ0n) is 12.4.